The summed E-state index contributed by atoms with van der Waals surface area (Å²) in [7, 11) is 1.92. The van der Waals surface area contributed by atoms with Crippen molar-refractivity contribution in [1.29, 1.82) is 0 Å². The lowest BCUT2D eigenvalue weighted by molar-refractivity contribution is 0.0689. The van der Waals surface area contributed by atoms with Gasteiger partial charge in [-0.2, -0.15) is 5.10 Å². The largest absolute Gasteiger partial charge is 0.355 e. The average Bonchev–Trinajstić information content (AvgIpc) is 2.78. The third kappa shape index (κ3) is 3.72. The highest BCUT2D eigenvalue weighted by atomic mass is 16.2. The van der Waals surface area contributed by atoms with Crippen molar-refractivity contribution in [3.63, 3.8) is 0 Å². The van der Waals surface area contributed by atoms with Crippen molar-refractivity contribution in [2.75, 3.05) is 11.9 Å². The Kier molecular flexibility index (Phi) is 5.54. The number of nitrogens with one attached hydrogen (secondary N) is 1. The van der Waals surface area contributed by atoms with Crippen LogP contribution in [0.4, 0.5) is 5.95 Å². The van der Waals surface area contributed by atoms with Crippen molar-refractivity contribution in [3.05, 3.63) is 34.9 Å². The second kappa shape index (κ2) is 7.42. The van der Waals surface area contributed by atoms with E-state index in [1.165, 1.54) is 0 Å². The molecule has 0 bridgehead atoms. The monoisotopic (exact) mass is 330 g/mol. The molecule has 0 saturated heterocycles. The number of hydrogen-bond acceptors (Lipinski definition) is 5. The number of carbonyl (C=O) groups is 1. The van der Waals surface area contributed by atoms with Crippen molar-refractivity contribution in [2.24, 2.45) is 7.05 Å². The van der Waals surface area contributed by atoms with Crippen LogP contribution in [0.3, 0.4) is 0 Å². The Hall–Kier alpha value is -2.44. The van der Waals surface area contributed by atoms with E-state index in [9.17, 15) is 4.79 Å². The van der Waals surface area contributed by atoms with E-state index in [0.29, 0.717) is 18.1 Å². The van der Waals surface area contributed by atoms with Gasteiger partial charge in [0.1, 0.15) is 0 Å². The van der Waals surface area contributed by atoms with E-state index in [0.717, 1.165) is 23.5 Å². The Morgan fingerprint density at radius 3 is 2.38 bits per heavy atom. The van der Waals surface area contributed by atoms with Gasteiger partial charge < -0.3 is 10.2 Å². The third-order valence-corrected chi connectivity index (χ3v) is 4.11. The van der Waals surface area contributed by atoms with E-state index in [-0.39, 0.29) is 11.9 Å². The van der Waals surface area contributed by atoms with E-state index in [4.69, 9.17) is 0 Å². The summed E-state index contributed by atoms with van der Waals surface area (Å²) in [4.78, 5) is 23.1. The predicted molar refractivity (Wildman–Crippen MR) is 93.9 cm³/mol. The fourth-order valence-corrected chi connectivity index (χ4v) is 2.56. The number of anilines is 1. The molecular weight excluding hydrogens is 304 g/mol. The standard InChI is InChI=1S/C17H26N6O/c1-7-18-17-19-8-14(9-20-17)16(24)23(11(2)3)10-15-12(4)21-22(6)13(15)5/h8-9,11H,7,10H2,1-6H3,(H,18,19,20). The Balaban J connectivity index is 2.25. The van der Waals surface area contributed by atoms with Gasteiger partial charge in [0.15, 0.2) is 0 Å². The summed E-state index contributed by atoms with van der Waals surface area (Å²) in [6, 6.07) is 0.0601. The Bertz CT molecular complexity index is 705. The fraction of sp³-hybridized carbons (Fsp3) is 0.529. The van der Waals surface area contributed by atoms with Crippen LogP contribution in [0.25, 0.3) is 0 Å². The molecule has 7 nitrogen and oxygen atoms in total. The normalized spacial score (nSPS) is 11.0. The van der Waals surface area contributed by atoms with E-state index in [2.05, 4.69) is 20.4 Å². The van der Waals surface area contributed by atoms with Gasteiger partial charge in [0.05, 0.1) is 11.3 Å². The maximum atomic E-state index is 12.9. The highest BCUT2D eigenvalue weighted by Crippen LogP contribution is 2.18. The van der Waals surface area contributed by atoms with Crippen LogP contribution >= 0.6 is 0 Å². The van der Waals surface area contributed by atoms with Gasteiger partial charge in [-0.25, -0.2) is 9.97 Å². The number of aryl methyl sites for hydroxylation is 2. The Labute approximate surface area is 143 Å². The van der Waals surface area contributed by atoms with Gasteiger partial charge >= 0.3 is 0 Å². The lowest BCUT2D eigenvalue weighted by Crippen LogP contribution is -2.36. The zero-order valence-electron chi connectivity index (χ0n) is 15.3. The summed E-state index contributed by atoms with van der Waals surface area (Å²) >= 11 is 0. The summed E-state index contributed by atoms with van der Waals surface area (Å²) in [5.74, 6) is 0.458. The number of amides is 1. The molecule has 0 unspecified atom stereocenters. The van der Waals surface area contributed by atoms with Crippen LogP contribution in [-0.4, -0.2) is 43.1 Å². The second-order valence-corrected chi connectivity index (χ2v) is 6.13. The fourth-order valence-electron chi connectivity index (χ4n) is 2.56. The molecular formula is C17H26N6O. The second-order valence-electron chi connectivity index (χ2n) is 6.13. The number of aromatic nitrogens is 4. The molecule has 24 heavy (non-hydrogen) atoms. The first-order valence-electron chi connectivity index (χ1n) is 8.21. The summed E-state index contributed by atoms with van der Waals surface area (Å²) in [6.07, 6.45) is 3.15. The first-order chi connectivity index (χ1) is 11.3. The van der Waals surface area contributed by atoms with Crippen molar-refractivity contribution in [1.82, 2.24) is 24.6 Å². The summed E-state index contributed by atoms with van der Waals surface area (Å²) in [5.41, 5.74) is 3.60. The molecule has 130 valence electrons. The van der Waals surface area contributed by atoms with Gasteiger partial charge in [-0.15, -0.1) is 0 Å². The minimum Gasteiger partial charge on any atom is -0.355 e. The van der Waals surface area contributed by atoms with E-state index >= 15 is 0 Å². The molecule has 2 heterocycles. The Morgan fingerprint density at radius 2 is 1.92 bits per heavy atom. The maximum absolute atomic E-state index is 12.9. The van der Waals surface area contributed by atoms with Crippen molar-refractivity contribution in [2.45, 2.75) is 47.2 Å². The Morgan fingerprint density at radius 1 is 1.29 bits per heavy atom. The molecule has 0 aromatic carbocycles. The van der Waals surface area contributed by atoms with E-state index < -0.39 is 0 Å². The van der Waals surface area contributed by atoms with Crippen molar-refractivity contribution < 1.29 is 4.79 Å². The van der Waals surface area contributed by atoms with Gasteiger partial charge in [0, 0.05) is 49.8 Å². The average molecular weight is 330 g/mol. The van der Waals surface area contributed by atoms with Crippen LogP contribution in [0.15, 0.2) is 12.4 Å². The van der Waals surface area contributed by atoms with Crippen molar-refractivity contribution >= 4 is 11.9 Å². The summed E-state index contributed by atoms with van der Waals surface area (Å²) in [5, 5.41) is 7.46. The summed E-state index contributed by atoms with van der Waals surface area (Å²) < 4.78 is 1.85. The number of hydrogen-bond donors (Lipinski definition) is 1. The topological polar surface area (TPSA) is 75.9 Å². The zero-order chi connectivity index (χ0) is 17.9. The maximum Gasteiger partial charge on any atom is 0.257 e. The predicted octanol–water partition coefficient (Wildman–Crippen LogP) is 2.31. The molecule has 2 aromatic heterocycles. The van der Waals surface area contributed by atoms with Gasteiger partial charge in [0.2, 0.25) is 5.95 Å². The number of carbonyl (C=O) groups excluding carboxylic acids is 1. The highest BCUT2D eigenvalue weighted by molar-refractivity contribution is 5.93. The molecule has 0 aliphatic heterocycles. The van der Waals surface area contributed by atoms with Crippen LogP contribution in [0.2, 0.25) is 0 Å². The van der Waals surface area contributed by atoms with Crippen LogP contribution < -0.4 is 5.32 Å². The van der Waals surface area contributed by atoms with E-state index in [1.807, 2.05) is 51.2 Å². The lowest BCUT2D eigenvalue weighted by atomic mass is 10.1. The van der Waals surface area contributed by atoms with Crippen LogP contribution in [0, 0.1) is 13.8 Å². The molecule has 0 spiro atoms. The molecule has 7 heteroatoms. The minimum atomic E-state index is -0.0734. The molecule has 0 fully saturated rings. The molecule has 0 aliphatic rings. The molecule has 1 N–H and O–H groups in total. The highest BCUT2D eigenvalue weighted by Gasteiger charge is 2.22. The smallest absolute Gasteiger partial charge is 0.257 e. The molecule has 0 aliphatic carbocycles. The first kappa shape index (κ1) is 17.9. The van der Waals surface area contributed by atoms with Gasteiger partial charge in [-0.05, 0) is 34.6 Å². The van der Waals surface area contributed by atoms with Gasteiger partial charge in [-0.1, -0.05) is 0 Å². The molecule has 2 aromatic rings. The molecule has 0 atom stereocenters. The van der Waals surface area contributed by atoms with Crippen LogP contribution in [-0.2, 0) is 13.6 Å². The van der Waals surface area contributed by atoms with E-state index in [1.54, 1.807) is 12.4 Å². The third-order valence-electron chi connectivity index (χ3n) is 4.11. The SMILES string of the molecule is CCNc1ncc(C(=O)N(Cc2c(C)nn(C)c2C)C(C)C)cn1. The number of nitrogens with zero attached hydrogens (tertiary/aromatic N) is 5. The molecule has 0 radical (unpaired) electrons. The van der Waals surface area contributed by atoms with Gasteiger partial charge in [0.25, 0.3) is 5.91 Å². The molecule has 1 amide bonds. The minimum absolute atomic E-state index is 0.0601. The summed E-state index contributed by atoms with van der Waals surface area (Å²) in [6.45, 7) is 11.2. The van der Waals surface area contributed by atoms with Crippen LogP contribution in [0.1, 0.15) is 48.1 Å². The quantitative estimate of drug-likeness (QED) is 0.879. The lowest BCUT2D eigenvalue weighted by Gasteiger charge is -2.27. The van der Waals surface area contributed by atoms with Crippen molar-refractivity contribution in [3.8, 4) is 0 Å². The first-order valence-corrected chi connectivity index (χ1v) is 8.21. The molecule has 0 saturated carbocycles. The number of rotatable bonds is 6. The van der Waals surface area contributed by atoms with Crippen LogP contribution in [0.5, 0.6) is 0 Å². The van der Waals surface area contributed by atoms with Gasteiger partial charge in [-0.3, -0.25) is 9.48 Å². The molecule has 2 rings (SSSR count). The zero-order valence-corrected chi connectivity index (χ0v) is 15.3.